The van der Waals surface area contributed by atoms with Crippen LogP contribution in [0.3, 0.4) is 0 Å². The van der Waals surface area contributed by atoms with Crippen LogP contribution in [0.1, 0.15) is 22.4 Å². The zero-order valence-corrected chi connectivity index (χ0v) is 12.3. The maximum Gasteiger partial charge on any atom is 0.136 e. The Morgan fingerprint density at radius 3 is 2.75 bits per heavy atom. The van der Waals surface area contributed by atoms with E-state index in [1.807, 2.05) is 49.3 Å². The van der Waals surface area contributed by atoms with Crippen molar-refractivity contribution in [2.24, 2.45) is 7.05 Å². The molecule has 20 heavy (non-hydrogen) atoms. The Labute approximate surface area is 122 Å². The van der Waals surface area contributed by atoms with Gasteiger partial charge in [-0.25, -0.2) is 4.98 Å². The topological polar surface area (TPSA) is 42.7 Å². The highest BCUT2D eigenvalue weighted by molar-refractivity contribution is 7.10. The summed E-state index contributed by atoms with van der Waals surface area (Å²) in [5, 5.41) is 5.60. The molecule has 0 aliphatic rings. The van der Waals surface area contributed by atoms with Gasteiger partial charge in [0.1, 0.15) is 11.9 Å². The molecular formula is C15H16N4S. The molecule has 1 atom stereocenters. The average molecular weight is 284 g/mol. The van der Waals surface area contributed by atoms with Gasteiger partial charge in [-0.1, -0.05) is 6.07 Å². The number of nitrogens with zero attached hydrogens (tertiary/aromatic N) is 3. The third-order valence-electron chi connectivity index (χ3n) is 3.17. The van der Waals surface area contributed by atoms with E-state index in [1.54, 1.807) is 11.3 Å². The van der Waals surface area contributed by atoms with Crippen molar-refractivity contribution < 1.29 is 0 Å². The number of pyridine rings is 1. The fourth-order valence-electron chi connectivity index (χ4n) is 2.09. The van der Waals surface area contributed by atoms with Crippen LogP contribution in [0.5, 0.6) is 0 Å². The Kier molecular flexibility index (Phi) is 3.52. The highest BCUT2D eigenvalue weighted by Gasteiger charge is 2.19. The Balaban J connectivity index is 1.94. The number of anilines is 1. The predicted molar refractivity (Wildman–Crippen MR) is 82.0 cm³/mol. The van der Waals surface area contributed by atoms with Crippen LogP contribution in [0, 0.1) is 6.92 Å². The van der Waals surface area contributed by atoms with Gasteiger partial charge in [-0.05, 0) is 30.5 Å². The minimum Gasteiger partial charge on any atom is -0.370 e. The molecule has 102 valence electrons. The number of aryl methyl sites for hydroxylation is 2. The zero-order valence-electron chi connectivity index (χ0n) is 11.4. The first kappa shape index (κ1) is 12.9. The van der Waals surface area contributed by atoms with E-state index in [0.717, 1.165) is 17.2 Å². The van der Waals surface area contributed by atoms with Crippen LogP contribution < -0.4 is 5.32 Å². The van der Waals surface area contributed by atoms with E-state index in [1.165, 1.54) is 4.88 Å². The molecule has 4 nitrogen and oxygen atoms in total. The van der Waals surface area contributed by atoms with Crippen molar-refractivity contribution in [3.05, 3.63) is 64.6 Å². The van der Waals surface area contributed by atoms with Crippen LogP contribution in [0.4, 0.5) is 5.69 Å². The van der Waals surface area contributed by atoms with Crippen LogP contribution in [0.15, 0.2) is 48.2 Å². The fourth-order valence-corrected chi connectivity index (χ4v) is 2.87. The van der Waals surface area contributed by atoms with Gasteiger partial charge in [0, 0.05) is 30.0 Å². The second-order valence-electron chi connectivity index (χ2n) is 4.68. The van der Waals surface area contributed by atoms with E-state index in [-0.39, 0.29) is 6.04 Å². The molecule has 0 spiro atoms. The molecule has 0 radical (unpaired) electrons. The summed E-state index contributed by atoms with van der Waals surface area (Å²) < 4.78 is 2.04. The van der Waals surface area contributed by atoms with Gasteiger partial charge in [0.2, 0.25) is 0 Å². The summed E-state index contributed by atoms with van der Waals surface area (Å²) in [6.07, 6.45) is 5.65. The second-order valence-corrected chi connectivity index (χ2v) is 5.66. The Bertz CT molecular complexity index is 670. The first-order valence-electron chi connectivity index (χ1n) is 6.44. The maximum atomic E-state index is 4.47. The van der Waals surface area contributed by atoms with Crippen LogP contribution in [-0.4, -0.2) is 14.5 Å². The van der Waals surface area contributed by atoms with Crippen molar-refractivity contribution >= 4 is 17.0 Å². The lowest BCUT2D eigenvalue weighted by Crippen LogP contribution is -2.15. The summed E-state index contributed by atoms with van der Waals surface area (Å²) in [4.78, 5) is 10.0. The van der Waals surface area contributed by atoms with Gasteiger partial charge < -0.3 is 9.88 Å². The number of hydrogen-bond donors (Lipinski definition) is 1. The van der Waals surface area contributed by atoms with Crippen molar-refractivity contribution in [1.82, 2.24) is 14.5 Å². The van der Waals surface area contributed by atoms with E-state index < -0.39 is 0 Å². The number of thiophene rings is 1. The van der Waals surface area contributed by atoms with Gasteiger partial charge >= 0.3 is 0 Å². The molecular weight excluding hydrogens is 268 g/mol. The zero-order chi connectivity index (χ0) is 13.9. The highest BCUT2D eigenvalue weighted by Crippen LogP contribution is 2.28. The van der Waals surface area contributed by atoms with Crippen molar-refractivity contribution in [2.75, 3.05) is 5.32 Å². The largest absolute Gasteiger partial charge is 0.370 e. The highest BCUT2D eigenvalue weighted by atomic mass is 32.1. The van der Waals surface area contributed by atoms with Crippen LogP contribution in [0.25, 0.3) is 0 Å². The molecule has 1 unspecified atom stereocenters. The molecule has 0 saturated heterocycles. The predicted octanol–water partition coefficient (Wildman–Crippen LogP) is 3.39. The van der Waals surface area contributed by atoms with Crippen molar-refractivity contribution in [1.29, 1.82) is 0 Å². The Hall–Kier alpha value is -2.14. The standard InChI is InChI=1S/C15H16N4S/c1-11-5-6-12(10-17-11)18-14(13-4-3-9-20-13)15-16-7-8-19(15)2/h3-10,14,18H,1-2H3. The van der Waals surface area contributed by atoms with Gasteiger partial charge in [-0.15, -0.1) is 11.3 Å². The summed E-state index contributed by atoms with van der Waals surface area (Å²) in [5.41, 5.74) is 2.01. The molecule has 3 aromatic heterocycles. The lowest BCUT2D eigenvalue weighted by atomic mass is 10.2. The summed E-state index contributed by atoms with van der Waals surface area (Å²) >= 11 is 1.72. The molecule has 0 saturated carbocycles. The first-order chi connectivity index (χ1) is 9.74. The molecule has 1 N–H and O–H groups in total. The molecule has 3 heterocycles. The van der Waals surface area contributed by atoms with Crippen molar-refractivity contribution in [3.63, 3.8) is 0 Å². The summed E-state index contributed by atoms with van der Waals surface area (Å²) in [6.45, 7) is 1.99. The summed E-state index contributed by atoms with van der Waals surface area (Å²) in [7, 11) is 2.01. The van der Waals surface area contributed by atoms with E-state index >= 15 is 0 Å². The molecule has 0 bridgehead atoms. The van der Waals surface area contributed by atoms with Gasteiger partial charge in [0.15, 0.2) is 0 Å². The van der Waals surface area contributed by atoms with Crippen LogP contribution >= 0.6 is 11.3 Å². The SMILES string of the molecule is Cc1ccc(NC(c2cccs2)c2nccn2C)cn1. The molecule has 3 rings (SSSR count). The number of nitrogens with one attached hydrogen (secondary N) is 1. The van der Waals surface area contributed by atoms with Crippen molar-refractivity contribution in [2.45, 2.75) is 13.0 Å². The third-order valence-corrected chi connectivity index (χ3v) is 4.10. The first-order valence-corrected chi connectivity index (χ1v) is 7.32. The summed E-state index contributed by atoms with van der Waals surface area (Å²) in [6, 6.07) is 8.28. The molecule has 0 fully saturated rings. The van der Waals surface area contributed by atoms with Crippen LogP contribution in [-0.2, 0) is 7.05 Å². The minimum absolute atomic E-state index is 0.0412. The maximum absolute atomic E-state index is 4.47. The Morgan fingerprint density at radius 1 is 1.25 bits per heavy atom. The average Bonchev–Trinajstić information content (AvgIpc) is 3.10. The van der Waals surface area contributed by atoms with E-state index in [0.29, 0.717) is 0 Å². The number of aromatic nitrogens is 3. The van der Waals surface area contributed by atoms with Gasteiger partial charge in [0.05, 0.1) is 11.9 Å². The van der Waals surface area contributed by atoms with Gasteiger partial charge in [0.25, 0.3) is 0 Å². The lowest BCUT2D eigenvalue weighted by molar-refractivity contribution is 0.756. The van der Waals surface area contributed by atoms with Gasteiger partial charge in [-0.3, -0.25) is 4.98 Å². The quantitative estimate of drug-likeness (QED) is 0.798. The number of hydrogen-bond acceptors (Lipinski definition) is 4. The molecule has 0 aromatic carbocycles. The Morgan fingerprint density at radius 2 is 2.15 bits per heavy atom. The molecule has 0 amide bonds. The molecule has 5 heteroatoms. The normalized spacial score (nSPS) is 12.3. The molecule has 3 aromatic rings. The monoisotopic (exact) mass is 284 g/mol. The lowest BCUT2D eigenvalue weighted by Gasteiger charge is -2.18. The number of imidazole rings is 1. The van der Waals surface area contributed by atoms with Crippen molar-refractivity contribution in [3.8, 4) is 0 Å². The molecule has 0 aliphatic carbocycles. The third kappa shape index (κ3) is 2.58. The smallest absolute Gasteiger partial charge is 0.136 e. The summed E-state index contributed by atoms with van der Waals surface area (Å²) in [5.74, 6) is 0.994. The molecule has 0 aliphatic heterocycles. The van der Waals surface area contributed by atoms with Gasteiger partial charge in [-0.2, -0.15) is 0 Å². The number of rotatable bonds is 4. The van der Waals surface area contributed by atoms with E-state index in [4.69, 9.17) is 0 Å². The second kappa shape index (κ2) is 5.46. The van der Waals surface area contributed by atoms with E-state index in [9.17, 15) is 0 Å². The van der Waals surface area contributed by atoms with E-state index in [2.05, 4.69) is 32.8 Å². The van der Waals surface area contributed by atoms with Crippen LogP contribution in [0.2, 0.25) is 0 Å². The fraction of sp³-hybridized carbons (Fsp3) is 0.200. The minimum atomic E-state index is 0.0412.